The van der Waals surface area contributed by atoms with E-state index in [1.807, 2.05) is 72.8 Å². The van der Waals surface area contributed by atoms with Crippen molar-refractivity contribution in [2.24, 2.45) is 0 Å². The summed E-state index contributed by atoms with van der Waals surface area (Å²) in [6.07, 6.45) is -1.11. The van der Waals surface area contributed by atoms with Gasteiger partial charge in [-0.25, -0.2) is 0 Å². The molecule has 2 heterocycles. The first kappa shape index (κ1) is 29.9. The molecule has 1 atom stereocenters. The van der Waals surface area contributed by atoms with Crippen LogP contribution < -0.4 is 4.90 Å². The number of hydrogen-bond donors (Lipinski definition) is 1. The van der Waals surface area contributed by atoms with Gasteiger partial charge in [0.25, 0.3) is 5.91 Å². The summed E-state index contributed by atoms with van der Waals surface area (Å²) in [6, 6.07) is 53.9. The van der Waals surface area contributed by atoms with Crippen molar-refractivity contribution in [3.8, 4) is 39.1 Å². The van der Waals surface area contributed by atoms with Crippen molar-refractivity contribution in [1.82, 2.24) is 4.57 Å². The molecule has 4 heteroatoms. The molecular weight excluding hydrogens is 613 g/mol. The molecule has 0 saturated carbocycles. The van der Waals surface area contributed by atoms with Gasteiger partial charge in [-0.2, -0.15) is 0 Å². The number of carbonyl (C=O) groups excluding carboxylic acids is 1. The monoisotopic (exact) mass is 646 g/mol. The first-order valence-electron chi connectivity index (χ1n) is 17.0. The predicted molar refractivity (Wildman–Crippen MR) is 205 cm³/mol. The number of nitrogens with zero attached hydrogens (tertiary/aromatic N) is 2. The maximum atomic E-state index is 14.5. The second-order valence-corrected chi connectivity index (χ2v) is 13.1. The highest BCUT2D eigenvalue weighted by atomic mass is 16.3. The molecule has 0 radical (unpaired) electrons. The Kier molecular flexibility index (Phi) is 7.01. The van der Waals surface area contributed by atoms with E-state index in [4.69, 9.17) is 0 Å². The first-order chi connectivity index (χ1) is 24.5. The van der Waals surface area contributed by atoms with E-state index >= 15 is 0 Å². The van der Waals surface area contributed by atoms with Gasteiger partial charge >= 0.3 is 0 Å². The Balaban J connectivity index is 1.25. The number of aliphatic hydroxyl groups is 1. The Morgan fingerprint density at radius 1 is 0.520 bits per heavy atom. The van der Waals surface area contributed by atoms with Crippen LogP contribution in [0.2, 0.25) is 0 Å². The van der Waals surface area contributed by atoms with Crippen LogP contribution in [0.3, 0.4) is 0 Å². The molecule has 240 valence electrons. The molecule has 0 spiro atoms. The summed E-state index contributed by atoms with van der Waals surface area (Å²) >= 11 is 0. The summed E-state index contributed by atoms with van der Waals surface area (Å²) in [5.41, 5.74) is 13.6. The van der Waals surface area contributed by atoms with Gasteiger partial charge in [-0.1, -0.05) is 115 Å². The lowest BCUT2D eigenvalue weighted by Gasteiger charge is -2.21. The fraction of sp³-hybridized carbons (Fsp3) is 0.0652. The highest BCUT2D eigenvalue weighted by molar-refractivity contribution is 6.16. The van der Waals surface area contributed by atoms with Crippen LogP contribution in [0.15, 0.2) is 158 Å². The Hall–Kier alpha value is -6.23. The summed E-state index contributed by atoms with van der Waals surface area (Å²) in [5.74, 6) is -0.226. The molecule has 1 unspecified atom stereocenters. The zero-order valence-corrected chi connectivity index (χ0v) is 27.8. The summed E-state index contributed by atoms with van der Waals surface area (Å²) in [6.45, 7) is 4.29. The van der Waals surface area contributed by atoms with Gasteiger partial charge in [-0.3, -0.25) is 9.69 Å². The number of carbonyl (C=O) groups is 1. The van der Waals surface area contributed by atoms with Crippen molar-refractivity contribution in [2.45, 2.75) is 20.1 Å². The van der Waals surface area contributed by atoms with Crippen molar-refractivity contribution in [3.63, 3.8) is 0 Å². The highest BCUT2D eigenvalue weighted by Gasteiger charge is 2.39. The molecule has 1 amide bonds. The third-order valence-electron chi connectivity index (χ3n) is 10.2. The molecule has 1 aliphatic rings. The topological polar surface area (TPSA) is 45.5 Å². The van der Waals surface area contributed by atoms with Crippen LogP contribution in [0.4, 0.5) is 5.69 Å². The largest absolute Gasteiger partial charge is 0.369 e. The minimum atomic E-state index is -1.11. The van der Waals surface area contributed by atoms with E-state index in [0.29, 0.717) is 16.8 Å². The fourth-order valence-electron chi connectivity index (χ4n) is 7.70. The number of hydrogen-bond acceptors (Lipinski definition) is 2. The molecule has 9 rings (SSSR count). The fourth-order valence-corrected chi connectivity index (χ4v) is 7.70. The van der Waals surface area contributed by atoms with Gasteiger partial charge in [-0.15, -0.1) is 0 Å². The lowest BCUT2D eigenvalue weighted by Crippen LogP contribution is -2.27. The standard InChI is InChI=1S/C46H34N2O2/c1-29-12-6-8-18-36(29)33-22-24-41-39(27-33)40-28-34(37-19-9-7-13-30(37)2)23-25-42(40)48(41)43-21-11-20-38-44(43)46(50)47(45(38)49)35-17-10-16-32(26-35)31-14-4-3-5-15-31/h3-28,45,49H,1-2H3. The van der Waals surface area contributed by atoms with Gasteiger partial charge in [-0.05, 0) is 101 Å². The molecular formula is C46H34N2O2. The third-order valence-corrected chi connectivity index (χ3v) is 10.2. The molecule has 7 aromatic carbocycles. The normalized spacial score (nSPS) is 14.1. The minimum absolute atomic E-state index is 0.226. The van der Waals surface area contributed by atoms with Gasteiger partial charge in [0.2, 0.25) is 0 Å². The molecule has 8 aromatic rings. The number of anilines is 1. The number of rotatable bonds is 5. The van der Waals surface area contributed by atoms with E-state index in [1.165, 1.54) is 27.2 Å². The molecule has 0 fully saturated rings. The van der Waals surface area contributed by atoms with Crippen molar-refractivity contribution >= 4 is 33.4 Å². The van der Waals surface area contributed by atoms with Crippen molar-refractivity contribution < 1.29 is 9.90 Å². The van der Waals surface area contributed by atoms with Gasteiger partial charge in [0.1, 0.15) is 0 Å². The molecule has 4 nitrogen and oxygen atoms in total. The third kappa shape index (κ3) is 4.68. The Bertz CT molecular complexity index is 2510. The van der Waals surface area contributed by atoms with Gasteiger partial charge in [0.15, 0.2) is 6.23 Å². The quantitative estimate of drug-likeness (QED) is 0.202. The number of aromatic nitrogens is 1. The minimum Gasteiger partial charge on any atom is -0.369 e. The molecule has 1 N–H and O–H groups in total. The van der Waals surface area contributed by atoms with Crippen molar-refractivity contribution in [3.05, 3.63) is 180 Å². The molecule has 0 saturated heterocycles. The van der Waals surface area contributed by atoms with Crippen LogP contribution in [-0.4, -0.2) is 15.6 Å². The van der Waals surface area contributed by atoms with Crippen LogP contribution >= 0.6 is 0 Å². The van der Waals surface area contributed by atoms with E-state index in [2.05, 4.69) is 103 Å². The first-order valence-corrected chi connectivity index (χ1v) is 17.0. The Labute approximate surface area is 291 Å². The van der Waals surface area contributed by atoms with E-state index in [1.54, 1.807) is 0 Å². The predicted octanol–water partition coefficient (Wildman–Crippen LogP) is 11.1. The van der Waals surface area contributed by atoms with Crippen LogP contribution in [0, 0.1) is 13.8 Å². The number of aryl methyl sites for hydroxylation is 2. The Morgan fingerprint density at radius 2 is 1.08 bits per heavy atom. The average Bonchev–Trinajstić information content (AvgIpc) is 3.62. The lowest BCUT2D eigenvalue weighted by molar-refractivity contribution is 0.0935. The van der Waals surface area contributed by atoms with E-state index in [0.717, 1.165) is 49.7 Å². The highest BCUT2D eigenvalue weighted by Crippen LogP contribution is 2.43. The summed E-state index contributed by atoms with van der Waals surface area (Å²) in [5, 5.41) is 14.0. The van der Waals surface area contributed by atoms with Crippen LogP contribution in [0.1, 0.15) is 33.3 Å². The molecule has 50 heavy (non-hydrogen) atoms. The second-order valence-electron chi connectivity index (χ2n) is 13.1. The summed E-state index contributed by atoms with van der Waals surface area (Å²) < 4.78 is 2.20. The zero-order valence-electron chi connectivity index (χ0n) is 27.8. The molecule has 0 bridgehead atoms. The van der Waals surface area contributed by atoms with Crippen LogP contribution in [-0.2, 0) is 0 Å². The molecule has 0 aliphatic carbocycles. The van der Waals surface area contributed by atoms with Gasteiger partial charge < -0.3 is 9.67 Å². The average molecular weight is 647 g/mol. The second kappa shape index (κ2) is 11.7. The summed E-state index contributed by atoms with van der Waals surface area (Å²) in [4.78, 5) is 16.1. The smallest absolute Gasteiger partial charge is 0.263 e. The van der Waals surface area contributed by atoms with Crippen molar-refractivity contribution in [1.29, 1.82) is 0 Å². The van der Waals surface area contributed by atoms with Crippen LogP contribution in [0.25, 0.3) is 60.9 Å². The zero-order chi connectivity index (χ0) is 33.9. The number of aliphatic hydroxyl groups excluding tert-OH is 1. The van der Waals surface area contributed by atoms with E-state index in [-0.39, 0.29) is 5.91 Å². The summed E-state index contributed by atoms with van der Waals surface area (Å²) in [7, 11) is 0. The SMILES string of the molecule is Cc1ccccc1-c1ccc2c(c1)c1cc(-c3ccccc3C)ccc1n2-c1cccc2c1C(=O)N(c1cccc(-c3ccccc3)c1)C2O. The van der Waals surface area contributed by atoms with E-state index < -0.39 is 6.23 Å². The number of fused-ring (bicyclic) bond motifs is 4. The Morgan fingerprint density at radius 3 is 1.70 bits per heavy atom. The van der Waals surface area contributed by atoms with E-state index in [9.17, 15) is 9.90 Å². The molecule has 1 aliphatic heterocycles. The lowest BCUT2D eigenvalue weighted by atomic mass is 9.97. The maximum Gasteiger partial charge on any atom is 0.263 e. The maximum absolute atomic E-state index is 14.5. The number of benzene rings is 7. The molecule has 1 aromatic heterocycles. The van der Waals surface area contributed by atoms with Gasteiger partial charge in [0, 0.05) is 22.0 Å². The van der Waals surface area contributed by atoms with Gasteiger partial charge in [0.05, 0.1) is 22.3 Å². The number of amides is 1. The van der Waals surface area contributed by atoms with Crippen LogP contribution in [0.5, 0.6) is 0 Å². The van der Waals surface area contributed by atoms with Crippen molar-refractivity contribution in [2.75, 3.05) is 4.90 Å².